The van der Waals surface area contributed by atoms with E-state index in [9.17, 15) is 13.2 Å². The molecule has 0 radical (unpaired) electrons. The van der Waals surface area contributed by atoms with Crippen molar-refractivity contribution in [3.8, 4) is 6.07 Å². The van der Waals surface area contributed by atoms with Crippen LogP contribution in [0.15, 0.2) is 29.2 Å². The van der Waals surface area contributed by atoms with Gasteiger partial charge < -0.3 is 9.64 Å². The third-order valence-corrected chi connectivity index (χ3v) is 5.62. The smallest absolute Gasteiger partial charge is 0.409 e. The number of carbonyl (C=O) groups is 1. The van der Waals surface area contributed by atoms with Gasteiger partial charge in [-0.25, -0.2) is 13.2 Å². The van der Waals surface area contributed by atoms with E-state index in [4.69, 9.17) is 10.00 Å². The molecule has 0 aromatic heterocycles. The first-order valence-corrected chi connectivity index (χ1v) is 9.21. The number of hydrogen-bond acceptors (Lipinski definition) is 5. The maximum absolute atomic E-state index is 12.7. The Labute approximate surface area is 142 Å². The number of nitriles is 1. The number of ether oxygens (including phenoxy) is 1. The highest BCUT2D eigenvalue weighted by Crippen LogP contribution is 2.21. The summed E-state index contributed by atoms with van der Waals surface area (Å²) in [6, 6.07) is 8.03. The van der Waals surface area contributed by atoms with Gasteiger partial charge in [0.15, 0.2) is 0 Å². The third kappa shape index (κ3) is 4.04. The van der Waals surface area contributed by atoms with Crippen LogP contribution in [-0.2, 0) is 14.8 Å². The summed E-state index contributed by atoms with van der Waals surface area (Å²) in [4.78, 5) is 13.4. The van der Waals surface area contributed by atoms with Gasteiger partial charge in [0.2, 0.25) is 10.0 Å². The zero-order chi connectivity index (χ0) is 17.7. The molecule has 8 heteroatoms. The van der Waals surface area contributed by atoms with Crippen molar-refractivity contribution < 1.29 is 17.9 Å². The Balaban J connectivity index is 2.04. The number of benzene rings is 1. The van der Waals surface area contributed by atoms with E-state index in [1.807, 2.05) is 19.9 Å². The van der Waals surface area contributed by atoms with Gasteiger partial charge in [0, 0.05) is 26.2 Å². The molecule has 0 atom stereocenters. The molecule has 0 saturated carbocycles. The fourth-order valence-electron chi connectivity index (χ4n) is 2.36. The first-order chi connectivity index (χ1) is 11.4. The lowest BCUT2D eigenvalue weighted by Gasteiger charge is -2.33. The second kappa shape index (κ2) is 7.64. The Hall–Kier alpha value is -2.11. The molecular weight excluding hydrogens is 330 g/mol. The van der Waals surface area contributed by atoms with Gasteiger partial charge in [0.25, 0.3) is 0 Å². The minimum absolute atomic E-state index is 0.00309. The van der Waals surface area contributed by atoms with Crippen LogP contribution < -0.4 is 0 Å². The van der Waals surface area contributed by atoms with E-state index in [0.29, 0.717) is 6.61 Å². The average Bonchev–Trinajstić information content (AvgIpc) is 2.59. The number of amides is 1. The zero-order valence-corrected chi connectivity index (χ0v) is 14.6. The predicted octanol–water partition coefficient (Wildman–Crippen LogP) is 1.66. The topological polar surface area (TPSA) is 90.7 Å². The lowest BCUT2D eigenvalue weighted by Crippen LogP contribution is -2.50. The highest BCUT2D eigenvalue weighted by atomic mass is 32.2. The number of rotatable bonds is 4. The second-order valence-electron chi connectivity index (χ2n) is 5.97. The standard InChI is InChI=1S/C16H21N3O4S/c1-13(2)12-23-16(20)18-7-9-19(10-8-18)24(21,22)15-6-4-3-5-14(15)11-17/h3-6,13H,7-10,12H2,1-2H3. The van der Waals surface area contributed by atoms with Crippen LogP contribution in [0.25, 0.3) is 0 Å². The van der Waals surface area contributed by atoms with Crippen LogP contribution in [0.5, 0.6) is 0 Å². The monoisotopic (exact) mass is 351 g/mol. The maximum atomic E-state index is 12.7. The van der Waals surface area contributed by atoms with Crippen LogP contribution in [0.3, 0.4) is 0 Å². The van der Waals surface area contributed by atoms with Crippen molar-refractivity contribution in [1.29, 1.82) is 5.26 Å². The molecule has 1 aliphatic rings. The summed E-state index contributed by atoms with van der Waals surface area (Å²) in [5.41, 5.74) is 0.122. The van der Waals surface area contributed by atoms with Gasteiger partial charge in [-0.3, -0.25) is 0 Å². The molecule has 1 fully saturated rings. The SMILES string of the molecule is CC(C)COC(=O)N1CCN(S(=O)(=O)c2ccccc2C#N)CC1. The van der Waals surface area contributed by atoms with Crippen LogP contribution in [-0.4, -0.2) is 56.5 Å². The number of piperazine rings is 1. The van der Waals surface area contributed by atoms with Crippen molar-refractivity contribution in [2.45, 2.75) is 18.7 Å². The van der Waals surface area contributed by atoms with Crippen molar-refractivity contribution in [3.63, 3.8) is 0 Å². The Bertz CT molecular complexity index is 732. The van der Waals surface area contributed by atoms with Crippen LogP contribution >= 0.6 is 0 Å². The summed E-state index contributed by atoms with van der Waals surface area (Å²) in [6.45, 7) is 5.13. The normalized spacial score (nSPS) is 16.0. The minimum Gasteiger partial charge on any atom is -0.449 e. The molecule has 24 heavy (non-hydrogen) atoms. The van der Waals surface area contributed by atoms with E-state index in [1.54, 1.807) is 12.1 Å². The van der Waals surface area contributed by atoms with Crippen molar-refractivity contribution in [2.24, 2.45) is 5.92 Å². The summed E-state index contributed by atoms with van der Waals surface area (Å²) in [5.74, 6) is 0.248. The van der Waals surface area contributed by atoms with Gasteiger partial charge in [0.1, 0.15) is 6.07 Å². The van der Waals surface area contributed by atoms with E-state index >= 15 is 0 Å². The molecule has 0 aliphatic carbocycles. The van der Waals surface area contributed by atoms with E-state index in [2.05, 4.69) is 0 Å². The molecule has 1 aromatic rings. The number of hydrogen-bond donors (Lipinski definition) is 0. The van der Waals surface area contributed by atoms with Gasteiger partial charge in [-0.15, -0.1) is 0 Å². The van der Waals surface area contributed by atoms with Crippen LogP contribution in [0.1, 0.15) is 19.4 Å². The number of sulfonamides is 1. The fourth-order valence-corrected chi connectivity index (χ4v) is 3.93. The lowest BCUT2D eigenvalue weighted by atomic mass is 10.2. The van der Waals surface area contributed by atoms with Gasteiger partial charge in [-0.05, 0) is 18.1 Å². The molecule has 1 amide bonds. The Morgan fingerprint density at radius 2 is 1.88 bits per heavy atom. The Kier molecular flexibility index (Phi) is 5.80. The van der Waals surface area contributed by atoms with Gasteiger partial charge in [-0.1, -0.05) is 26.0 Å². The predicted molar refractivity (Wildman–Crippen MR) is 87.7 cm³/mol. The average molecular weight is 351 g/mol. The van der Waals surface area contributed by atoms with Crippen LogP contribution in [0.4, 0.5) is 4.79 Å². The molecule has 0 N–H and O–H groups in total. The molecule has 7 nitrogen and oxygen atoms in total. The molecule has 0 spiro atoms. The van der Waals surface area contributed by atoms with E-state index < -0.39 is 16.1 Å². The first kappa shape index (κ1) is 18.2. The molecule has 1 aromatic carbocycles. The van der Waals surface area contributed by atoms with Crippen molar-refractivity contribution in [1.82, 2.24) is 9.21 Å². The quantitative estimate of drug-likeness (QED) is 0.823. The van der Waals surface area contributed by atoms with Crippen LogP contribution in [0, 0.1) is 17.2 Å². The second-order valence-corrected chi connectivity index (χ2v) is 7.88. The van der Waals surface area contributed by atoms with Crippen LogP contribution in [0.2, 0.25) is 0 Å². The van der Waals surface area contributed by atoms with E-state index in [-0.39, 0.29) is 42.6 Å². The summed E-state index contributed by atoms with van der Waals surface area (Å²) < 4.78 is 31.9. The molecule has 130 valence electrons. The summed E-state index contributed by atoms with van der Waals surface area (Å²) in [7, 11) is -3.75. The molecule has 0 bridgehead atoms. The highest BCUT2D eigenvalue weighted by molar-refractivity contribution is 7.89. The molecule has 2 rings (SSSR count). The molecular formula is C16H21N3O4S. The fraction of sp³-hybridized carbons (Fsp3) is 0.500. The number of carbonyl (C=O) groups excluding carboxylic acids is 1. The van der Waals surface area contributed by atoms with E-state index in [1.165, 1.54) is 21.3 Å². The zero-order valence-electron chi connectivity index (χ0n) is 13.8. The molecule has 0 unspecified atom stereocenters. The first-order valence-electron chi connectivity index (χ1n) is 7.77. The number of nitrogens with zero attached hydrogens (tertiary/aromatic N) is 3. The lowest BCUT2D eigenvalue weighted by molar-refractivity contribution is 0.0804. The van der Waals surface area contributed by atoms with Crippen molar-refractivity contribution >= 4 is 16.1 Å². The summed E-state index contributed by atoms with van der Waals surface area (Å²) in [5, 5.41) is 9.10. The Morgan fingerprint density at radius 3 is 2.46 bits per heavy atom. The van der Waals surface area contributed by atoms with Gasteiger partial charge in [0.05, 0.1) is 17.1 Å². The van der Waals surface area contributed by atoms with Gasteiger partial charge in [-0.2, -0.15) is 9.57 Å². The van der Waals surface area contributed by atoms with Crippen molar-refractivity contribution in [3.05, 3.63) is 29.8 Å². The minimum atomic E-state index is -3.75. The largest absolute Gasteiger partial charge is 0.449 e. The van der Waals surface area contributed by atoms with Gasteiger partial charge >= 0.3 is 6.09 Å². The van der Waals surface area contributed by atoms with Crippen molar-refractivity contribution in [2.75, 3.05) is 32.8 Å². The maximum Gasteiger partial charge on any atom is 0.409 e. The molecule has 1 aliphatic heterocycles. The molecule has 1 heterocycles. The third-order valence-electron chi connectivity index (χ3n) is 3.66. The summed E-state index contributed by atoms with van der Waals surface area (Å²) in [6.07, 6.45) is -0.418. The highest BCUT2D eigenvalue weighted by Gasteiger charge is 2.32. The summed E-state index contributed by atoms with van der Waals surface area (Å²) >= 11 is 0. The Morgan fingerprint density at radius 1 is 1.25 bits per heavy atom. The van der Waals surface area contributed by atoms with E-state index in [0.717, 1.165) is 0 Å². The molecule has 1 saturated heterocycles.